The number of carbonyl (C=O) groups excluding carboxylic acids is 1. The van der Waals surface area contributed by atoms with Gasteiger partial charge >= 0.3 is 0 Å². The number of carbonyl (C=O) groups is 1. The number of likely N-dealkylation sites (N-methyl/N-ethyl adjacent to an activating group) is 1. The first-order valence-electron chi connectivity index (χ1n) is 5.27. The van der Waals surface area contributed by atoms with Gasteiger partial charge in [0.25, 0.3) is 5.91 Å². The smallest absolute Gasteiger partial charge is 0.262 e. The lowest BCUT2D eigenvalue weighted by Gasteiger charge is -2.25. The fourth-order valence-corrected chi connectivity index (χ4v) is 2.24. The van der Waals surface area contributed by atoms with Crippen molar-refractivity contribution in [2.24, 2.45) is 0 Å². The van der Waals surface area contributed by atoms with Gasteiger partial charge in [-0.3, -0.25) is 13.7 Å². The summed E-state index contributed by atoms with van der Waals surface area (Å²) in [5.74, 6) is -0.583. The molecule has 0 saturated heterocycles. The van der Waals surface area contributed by atoms with Crippen LogP contribution in [-0.2, 0) is 24.2 Å². The lowest BCUT2D eigenvalue weighted by atomic mass is 9.97. The van der Waals surface area contributed by atoms with E-state index in [0.717, 1.165) is 25.1 Å². The molecule has 1 amide bonds. The summed E-state index contributed by atoms with van der Waals surface area (Å²) in [4.78, 5) is 13.7. The predicted octanol–water partition coefficient (Wildman–Crippen LogP) is 0.198. The van der Waals surface area contributed by atoms with E-state index >= 15 is 0 Å². The molecule has 0 spiro atoms. The molecule has 1 atom stereocenters. The molecule has 2 rings (SSSR count). The van der Waals surface area contributed by atoms with Crippen molar-refractivity contribution >= 4 is 17.2 Å². The van der Waals surface area contributed by atoms with Gasteiger partial charge in [0.15, 0.2) is 0 Å². The van der Waals surface area contributed by atoms with Crippen LogP contribution in [0.5, 0.6) is 0 Å². The minimum absolute atomic E-state index is 0.387. The molecular weight excluding hydrogens is 240 g/mol. The maximum absolute atomic E-state index is 11.5. The van der Waals surface area contributed by atoms with Crippen molar-refractivity contribution in [1.82, 2.24) is 9.62 Å². The standard InChI is InChI=1S/C11H14N2O3S/c1-13-5-4-8-6-9(2-3-10(8)7-13)11(14)12-17(15)16/h2-3,6H,4-5,7H2,1H3,(H,12,14)(H,15,16)/p-1. The largest absolute Gasteiger partial charge is 0.755 e. The summed E-state index contributed by atoms with van der Waals surface area (Å²) in [6.07, 6.45) is 0.882. The SMILES string of the molecule is CN1CCc2cc(C(=O)NS(=O)[O-])ccc2C1. The third-order valence-electron chi connectivity index (χ3n) is 2.85. The Bertz CT molecular complexity index is 476. The van der Waals surface area contributed by atoms with Crippen LogP contribution < -0.4 is 4.72 Å². The number of benzene rings is 1. The van der Waals surface area contributed by atoms with Crippen molar-refractivity contribution in [1.29, 1.82) is 0 Å². The Labute approximate surface area is 102 Å². The summed E-state index contributed by atoms with van der Waals surface area (Å²) < 4.78 is 22.6. The Morgan fingerprint density at radius 1 is 1.47 bits per heavy atom. The number of hydrogen-bond acceptors (Lipinski definition) is 4. The second-order valence-electron chi connectivity index (χ2n) is 4.14. The summed E-state index contributed by atoms with van der Waals surface area (Å²) in [6.45, 7) is 1.82. The van der Waals surface area contributed by atoms with Gasteiger partial charge < -0.3 is 9.45 Å². The second kappa shape index (κ2) is 4.95. The van der Waals surface area contributed by atoms with E-state index in [0.29, 0.717) is 5.56 Å². The average molecular weight is 253 g/mol. The monoisotopic (exact) mass is 253 g/mol. The fourth-order valence-electron chi connectivity index (χ4n) is 1.97. The molecule has 0 aliphatic carbocycles. The van der Waals surface area contributed by atoms with E-state index in [1.54, 1.807) is 12.1 Å². The molecular formula is C11H13N2O3S-. The van der Waals surface area contributed by atoms with Crippen LogP contribution in [0.1, 0.15) is 21.5 Å². The third-order valence-corrected chi connectivity index (χ3v) is 3.20. The van der Waals surface area contributed by atoms with Crippen LogP contribution in [0.2, 0.25) is 0 Å². The lowest BCUT2D eigenvalue weighted by molar-refractivity contribution is 0.0980. The van der Waals surface area contributed by atoms with E-state index in [9.17, 15) is 13.6 Å². The first-order valence-corrected chi connectivity index (χ1v) is 6.34. The molecule has 1 N–H and O–H groups in total. The van der Waals surface area contributed by atoms with Gasteiger partial charge in [-0.1, -0.05) is 6.07 Å². The van der Waals surface area contributed by atoms with Crippen molar-refractivity contribution in [2.45, 2.75) is 13.0 Å². The van der Waals surface area contributed by atoms with E-state index in [4.69, 9.17) is 0 Å². The summed E-state index contributed by atoms with van der Waals surface area (Å²) in [6, 6.07) is 5.30. The maximum atomic E-state index is 11.5. The quantitative estimate of drug-likeness (QED) is 0.764. The maximum Gasteiger partial charge on any atom is 0.262 e. The average Bonchev–Trinajstić information content (AvgIpc) is 2.27. The number of nitrogens with zero attached hydrogens (tertiary/aromatic N) is 1. The van der Waals surface area contributed by atoms with Gasteiger partial charge in [-0.05, 0) is 36.7 Å². The van der Waals surface area contributed by atoms with E-state index in [1.807, 2.05) is 17.8 Å². The van der Waals surface area contributed by atoms with Gasteiger partial charge in [0, 0.05) is 29.9 Å². The number of fused-ring (bicyclic) bond motifs is 1. The highest BCUT2D eigenvalue weighted by atomic mass is 32.2. The van der Waals surface area contributed by atoms with E-state index < -0.39 is 17.2 Å². The Kier molecular flexibility index (Phi) is 3.56. The third kappa shape index (κ3) is 2.91. The number of nitrogens with one attached hydrogen (secondary N) is 1. The summed E-state index contributed by atoms with van der Waals surface area (Å²) in [5.41, 5.74) is 2.70. The van der Waals surface area contributed by atoms with E-state index in [-0.39, 0.29) is 0 Å². The van der Waals surface area contributed by atoms with Crippen molar-refractivity contribution in [2.75, 3.05) is 13.6 Å². The highest BCUT2D eigenvalue weighted by Gasteiger charge is 2.15. The van der Waals surface area contributed by atoms with E-state index in [2.05, 4.69) is 4.90 Å². The number of rotatable bonds is 2. The van der Waals surface area contributed by atoms with Crippen molar-refractivity contribution in [3.8, 4) is 0 Å². The van der Waals surface area contributed by atoms with Gasteiger partial charge in [-0.2, -0.15) is 0 Å². The number of hydrogen-bond donors (Lipinski definition) is 1. The zero-order valence-corrected chi connectivity index (χ0v) is 10.3. The summed E-state index contributed by atoms with van der Waals surface area (Å²) in [7, 11) is 2.05. The molecule has 1 aliphatic heterocycles. The molecule has 0 bridgehead atoms. The summed E-state index contributed by atoms with van der Waals surface area (Å²) >= 11 is -2.56. The minimum atomic E-state index is -2.56. The van der Waals surface area contributed by atoms with Crippen LogP contribution in [0.4, 0.5) is 0 Å². The van der Waals surface area contributed by atoms with Gasteiger partial charge in [-0.25, -0.2) is 0 Å². The van der Waals surface area contributed by atoms with Gasteiger partial charge in [0.2, 0.25) is 0 Å². The van der Waals surface area contributed by atoms with Crippen molar-refractivity contribution in [3.05, 3.63) is 34.9 Å². The van der Waals surface area contributed by atoms with Crippen molar-refractivity contribution in [3.63, 3.8) is 0 Å². The molecule has 0 aromatic heterocycles. The van der Waals surface area contributed by atoms with Crippen molar-refractivity contribution < 1.29 is 13.6 Å². The zero-order valence-electron chi connectivity index (χ0n) is 9.43. The van der Waals surface area contributed by atoms with Crippen LogP contribution in [0.3, 0.4) is 0 Å². The van der Waals surface area contributed by atoms with Crippen LogP contribution in [0.25, 0.3) is 0 Å². The van der Waals surface area contributed by atoms with Gasteiger partial charge in [0.05, 0.1) is 0 Å². The van der Waals surface area contributed by atoms with Gasteiger partial charge in [0.1, 0.15) is 0 Å². The first kappa shape index (κ1) is 12.2. The molecule has 0 radical (unpaired) electrons. The van der Waals surface area contributed by atoms with Crippen LogP contribution in [0.15, 0.2) is 18.2 Å². The number of amides is 1. The molecule has 1 heterocycles. The summed E-state index contributed by atoms with van der Waals surface area (Å²) in [5, 5.41) is 0. The van der Waals surface area contributed by atoms with E-state index in [1.165, 1.54) is 5.56 Å². The molecule has 1 unspecified atom stereocenters. The molecule has 1 aliphatic rings. The topological polar surface area (TPSA) is 72.5 Å². The molecule has 1 aromatic carbocycles. The molecule has 17 heavy (non-hydrogen) atoms. The molecule has 1 aromatic rings. The Morgan fingerprint density at radius 2 is 2.24 bits per heavy atom. The highest BCUT2D eigenvalue weighted by molar-refractivity contribution is 7.77. The second-order valence-corrected chi connectivity index (χ2v) is 4.81. The molecule has 92 valence electrons. The molecule has 5 nitrogen and oxygen atoms in total. The van der Waals surface area contributed by atoms with Crippen LogP contribution >= 0.6 is 0 Å². The lowest BCUT2D eigenvalue weighted by Crippen LogP contribution is -2.28. The fraction of sp³-hybridized carbons (Fsp3) is 0.364. The molecule has 0 fully saturated rings. The molecule has 6 heteroatoms. The van der Waals surface area contributed by atoms with Gasteiger partial charge in [-0.15, -0.1) is 0 Å². The molecule has 0 saturated carbocycles. The normalized spacial score (nSPS) is 17.3. The Hall–Kier alpha value is -1.24. The minimum Gasteiger partial charge on any atom is -0.755 e. The predicted molar refractivity (Wildman–Crippen MR) is 62.9 cm³/mol. The Balaban J connectivity index is 2.22. The van der Waals surface area contributed by atoms with Crippen LogP contribution in [-0.4, -0.2) is 33.2 Å². The zero-order chi connectivity index (χ0) is 12.4. The Morgan fingerprint density at radius 3 is 2.94 bits per heavy atom. The van der Waals surface area contributed by atoms with Crippen LogP contribution in [0, 0.1) is 0 Å². The first-order chi connectivity index (χ1) is 8.06. The highest BCUT2D eigenvalue weighted by Crippen LogP contribution is 2.19.